The number of nitrogens with zero attached hydrogens (tertiary/aromatic N) is 2. The normalized spacial score (nSPS) is 14.9. The third-order valence-corrected chi connectivity index (χ3v) is 5.04. The van der Waals surface area contributed by atoms with Crippen molar-refractivity contribution in [2.24, 2.45) is 5.73 Å². The van der Waals surface area contributed by atoms with Crippen LogP contribution in [0.1, 0.15) is 39.1 Å². The van der Waals surface area contributed by atoms with Gasteiger partial charge in [-0.1, -0.05) is 36.4 Å². The molecule has 154 valence electrons. The van der Waals surface area contributed by atoms with Crippen molar-refractivity contribution in [2.45, 2.75) is 24.8 Å². The number of rotatable bonds is 8. The van der Waals surface area contributed by atoms with Gasteiger partial charge in [0.2, 0.25) is 5.91 Å². The first-order chi connectivity index (χ1) is 14.2. The van der Waals surface area contributed by atoms with Crippen molar-refractivity contribution >= 4 is 29.4 Å². The number of carboxylic acids is 1. The second kappa shape index (κ2) is 7.74. The summed E-state index contributed by atoms with van der Waals surface area (Å²) >= 11 is 0. The van der Waals surface area contributed by atoms with Gasteiger partial charge in [0.1, 0.15) is 5.56 Å². The lowest BCUT2D eigenvalue weighted by atomic mass is 9.84. The molecule has 10 nitrogen and oxygen atoms in total. The molecule has 3 rings (SSSR count). The maximum Gasteiger partial charge on any atom is 0.330 e. The van der Waals surface area contributed by atoms with Crippen LogP contribution in [-0.2, 0) is 16.0 Å². The zero-order chi connectivity index (χ0) is 22.1. The molecule has 0 radical (unpaired) electrons. The van der Waals surface area contributed by atoms with Crippen LogP contribution in [0.3, 0.4) is 0 Å². The Bertz CT molecular complexity index is 1070. The van der Waals surface area contributed by atoms with E-state index in [1.165, 1.54) is 12.1 Å². The highest BCUT2D eigenvalue weighted by atomic mass is 16.6. The van der Waals surface area contributed by atoms with Gasteiger partial charge in [0.15, 0.2) is 5.54 Å². The number of amides is 3. The fourth-order valence-corrected chi connectivity index (χ4v) is 3.63. The Hall–Kier alpha value is -4.08. The first-order valence-electron chi connectivity index (χ1n) is 8.91. The van der Waals surface area contributed by atoms with Crippen LogP contribution >= 0.6 is 0 Å². The lowest BCUT2D eigenvalue weighted by molar-refractivity contribution is -0.385. The summed E-state index contributed by atoms with van der Waals surface area (Å²) in [5.41, 5.74) is 2.22. The van der Waals surface area contributed by atoms with Gasteiger partial charge < -0.3 is 10.8 Å². The van der Waals surface area contributed by atoms with Crippen molar-refractivity contribution in [3.63, 3.8) is 0 Å². The summed E-state index contributed by atoms with van der Waals surface area (Å²) in [6.45, 7) is 0. The Kier molecular flexibility index (Phi) is 5.33. The van der Waals surface area contributed by atoms with Crippen molar-refractivity contribution in [2.75, 3.05) is 0 Å². The number of nitro groups is 1. The highest BCUT2D eigenvalue weighted by molar-refractivity contribution is 6.25. The summed E-state index contributed by atoms with van der Waals surface area (Å²) in [5.74, 6) is -4.40. The van der Waals surface area contributed by atoms with E-state index in [1.54, 1.807) is 30.3 Å². The minimum atomic E-state index is -2.16. The molecule has 0 aromatic heterocycles. The number of nitrogens with two attached hydrogens (primary N) is 1. The molecule has 3 N–H and O–H groups in total. The quantitative estimate of drug-likeness (QED) is 0.378. The van der Waals surface area contributed by atoms with Gasteiger partial charge in [-0.05, 0) is 18.1 Å². The van der Waals surface area contributed by atoms with Gasteiger partial charge in [-0.25, -0.2) is 4.79 Å². The Balaban J connectivity index is 2.18. The molecule has 1 aliphatic heterocycles. The number of carboxylic acid groups (broad SMARTS) is 1. The van der Waals surface area contributed by atoms with Crippen LogP contribution in [0.4, 0.5) is 5.69 Å². The van der Waals surface area contributed by atoms with Crippen molar-refractivity contribution in [1.29, 1.82) is 0 Å². The van der Waals surface area contributed by atoms with Gasteiger partial charge in [0.05, 0.1) is 10.5 Å². The van der Waals surface area contributed by atoms with Gasteiger partial charge in [-0.3, -0.25) is 29.4 Å². The number of nitro benzene ring substituents is 1. The van der Waals surface area contributed by atoms with Crippen molar-refractivity contribution in [1.82, 2.24) is 4.90 Å². The second-order valence-electron chi connectivity index (χ2n) is 6.87. The zero-order valence-corrected chi connectivity index (χ0v) is 15.6. The minimum Gasteiger partial charge on any atom is -0.479 e. The molecule has 1 heterocycles. The molecule has 2 aromatic carbocycles. The summed E-state index contributed by atoms with van der Waals surface area (Å²) in [4.78, 5) is 61.1. The Morgan fingerprint density at radius 3 is 2.30 bits per heavy atom. The monoisotopic (exact) mass is 411 g/mol. The van der Waals surface area contributed by atoms with Crippen LogP contribution in [0.5, 0.6) is 0 Å². The standard InChI is InChI=1S/C20H17N3O7/c21-15(24)9-10-20(19(27)28,11-12-5-2-1-3-6-12)22-17(25)13-7-4-8-14(23(29)30)16(13)18(22)26/h1-8H,9-11H2,(H2,21,24)(H,27,28). The Morgan fingerprint density at radius 1 is 1.07 bits per heavy atom. The van der Waals surface area contributed by atoms with Crippen molar-refractivity contribution in [3.05, 3.63) is 75.3 Å². The number of imide groups is 1. The largest absolute Gasteiger partial charge is 0.479 e. The highest BCUT2D eigenvalue weighted by Crippen LogP contribution is 2.38. The number of hydrogen-bond acceptors (Lipinski definition) is 6. The van der Waals surface area contributed by atoms with Crippen molar-refractivity contribution < 1.29 is 29.2 Å². The van der Waals surface area contributed by atoms with Crippen LogP contribution in [0.2, 0.25) is 0 Å². The summed E-state index contributed by atoms with van der Waals surface area (Å²) in [5, 5.41) is 21.5. The van der Waals surface area contributed by atoms with Crippen LogP contribution in [0, 0.1) is 10.1 Å². The number of carbonyl (C=O) groups is 4. The van der Waals surface area contributed by atoms with E-state index in [9.17, 15) is 34.4 Å². The summed E-state index contributed by atoms with van der Waals surface area (Å²) in [7, 11) is 0. The van der Waals surface area contributed by atoms with E-state index in [1.807, 2.05) is 0 Å². The topological polar surface area (TPSA) is 161 Å². The van der Waals surface area contributed by atoms with Crippen LogP contribution in [-0.4, -0.2) is 44.2 Å². The molecule has 1 aliphatic rings. The molecular weight excluding hydrogens is 394 g/mol. The molecule has 2 aromatic rings. The minimum absolute atomic E-state index is 0.257. The maximum absolute atomic E-state index is 13.1. The molecule has 1 unspecified atom stereocenters. The summed E-state index contributed by atoms with van der Waals surface area (Å²) < 4.78 is 0. The van der Waals surface area contributed by atoms with E-state index in [0.717, 1.165) is 6.07 Å². The number of primary amides is 1. The molecule has 30 heavy (non-hydrogen) atoms. The molecular formula is C20H17N3O7. The Morgan fingerprint density at radius 2 is 1.73 bits per heavy atom. The van der Waals surface area contributed by atoms with Gasteiger partial charge in [-0.2, -0.15) is 0 Å². The van der Waals surface area contributed by atoms with Gasteiger partial charge in [-0.15, -0.1) is 0 Å². The van der Waals surface area contributed by atoms with Gasteiger partial charge in [0, 0.05) is 18.9 Å². The molecule has 0 spiro atoms. The molecule has 0 fully saturated rings. The summed E-state index contributed by atoms with van der Waals surface area (Å²) in [6, 6.07) is 11.8. The van der Waals surface area contributed by atoms with Crippen LogP contribution in [0.25, 0.3) is 0 Å². The Labute approximate surface area is 170 Å². The SMILES string of the molecule is NC(=O)CCC(Cc1ccccc1)(C(=O)O)N1C(=O)c2cccc([N+](=O)[O-])c2C1=O. The fourth-order valence-electron chi connectivity index (χ4n) is 3.63. The smallest absolute Gasteiger partial charge is 0.330 e. The van der Waals surface area contributed by atoms with E-state index < -0.39 is 58.2 Å². The van der Waals surface area contributed by atoms with E-state index in [0.29, 0.717) is 10.5 Å². The lowest BCUT2D eigenvalue weighted by Gasteiger charge is -2.36. The first-order valence-corrected chi connectivity index (χ1v) is 8.91. The number of carbonyl (C=O) groups excluding carboxylic acids is 3. The van der Waals surface area contributed by atoms with E-state index in [4.69, 9.17) is 5.73 Å². The lowest BCUT2D eigenvalue weighted by Crippen LogP contribution is -2.59. The average molecular weight is 411 g/mol. The number of aliphatic carboxylic acids is 1. The molecule has 0 saturated heterocycles. The molecule has 10 heteroatoms. The number of hydrogen-bond donors (Lipinski definition) is 2. The third kappa shape index (κ3) is 3.39. The number of benzene rings is 2. The third-order valence-electron chi connectivity index (χ3n) is 5.04. The maximum atomic E-state index is 13.1. The molecule has 1 atom stereocenters. The highest BCUT2D eigenvalue weighted by Gasteiger charge is 2.55. The van der Waals surface area contributed by atoms with Crippen molar-refractivity contribution in [3.8, 4) is 0 Å². The first kappa shape index (κ1) is 20.6. The fraction of sp³-hybridized carbons (Fsp3) is 0.200. The molecule has 0 saturated carbocycles. The predicted octanol–water partition coefficient (Wildman–Crippen LogP) is 1.52. The average Bonchev–Trinajstić information content (AvgIpc) is 2.96. The molecule has 3 amide bonds. The molecule has 0 bridgehead atoms. The van der Waals surface area contributed by atoms with Crippen LogP contribution < -0.4 is 5.73 Å². The van der Waals surface area contributed by atoms with E-state index >= 15 is 0 Å². The van der Waals surface area contributed by atoms with Crippen LogP contribution in [0.15, 0.2) is 48.5 Å². The molecule has 0 aliphatic carbocycles. The predicted molar refractivity (Wildman–Crippen MR) is 103 cm³/mol. The van der Waals surface area contributed by atoms with Gasteiger partial charge >= 0.3 is 5.97 Å². The number of fused-ring (bicyclic) bond motifs is 1. The van der Waals surface area contributed by atoms with E-state index in [2.05, 4.69) is 0 Å². The zero-order valence-electron chi connectivity index (χ0n) is 15.6. The van der Waals surface area contributed by atoms with Gasteiger partial charge in [0.25, 0.3) is 17.5 Å². The second-order valence-corrected chi connectivity index (χ2v) is 6.87. The summed E-state index contributed by atoms with van der Waals surface area (Å²) in [6.07, 6.45) is -1.14. The van der Waals surface area contributed by atoms with E-state index in [-0.39, 0.29) is 12.0 Å².